The molecule has 0 saturated carbocycles. The maximum Gasteiger partial charge on any atom is 0.313 e. The van der Waals surface area contributed by atoms with Crippen molar-refractivity contribution in [1.29, 1.82) is 0 Å². The number of nitro groups is 1. The van der Waals surface area contributed by atoms with E-state index < -0.39 is 10.8 Å². The van der Waals surface area contributed by atoms with Gasteiger partial charge in [0.15, 0.2) is 0 Å². The van der Waals surface area contributed by atoms with E-state index in [4.69, 9.17) is 9.47 Å². The van der Waals surface area contributed by atoms with Crippen LogP contribution in [-0.2, 0) is 21.0 Å². The number of carbonyl (C=O) groups excluding carboxylic acids is 1. The van der Waals surface area contributed by atoms with Gasteiger partial charge in [-0.3, -0.25) is 14.9 Å². The van der Waals surface area contributed by atoms with Crippen molar-refractivity contribution in [3.05, 3.63) is 40.1 Å². The molecule has 2 aromatic rings. The molecule has 0 saturated heterocycles. The molecule has 1 aromatic heterocycles. The number of aromatic nitrogens is 1. The first-order valence-electron chi connectivity index (χ1n) is 9.14. The summed E-state index contributed by atoms with van der Waals surface area (Å²) in [7, 11) is 1.57. The minimum absolute atomic E-state index is 0.0123. The summed E-state index contributed by atoms with van der Waals surface area (Å²) in [6, 6.07) is 4.64. The molecular formula is C20H28N2O5. The van der Waals surface area contributed by atoms with Gasteiger partial charge in [0, 0.05) is 30.8 Å². The molecule has 27 heavy (non-hydrogen) atoms. The Morgan fingerprint density at radius 1 is 1.19 bits per heavy atom. The van der Waals surface area contributed by atoms with Crippen LogP contribution in [0.4, 0.5) is 5.69 Å². The van der Waals surface area contributed by atoms with Crippen LogP contribution in [0.15, 0.2) is 24.4 Å². The van der Waals surface area contributed by atoms with E-state index in [1.165, 1.54) is 12.1 Å². The number of carbonyl (C=O) groups is 1. The van der Waals surface area contributed by atoms with Crippen molar-refractivity contribution in [2.24, 2.45) is 11.8 Å². The maximum atomic E-state index is 12.8. The summed E-state index contributed by atoms with van der Waals surface area (Å²) in [6.07, 6.45) is 1.63. The van der Waals surface area contributed by atoms with Crippen LogP contribution in [0.25, 0.3) is 10.9 Å². The fraction of sp³-hybridized carbons (Fsp3) is 0.550. The topological polar surface area (TPSA) is 83.6 Å². The Labute approximate surface area is 159 Å². The zero-order valence-electron chi connectivity index (χ0n) is 16.8. The number of nitro benzene ring substituents is 1. The molecule has 0 spiro atoms. The molecule has 2 rings (SSSR count). The monoisotopic (exact) mass is 376 g/mol. The number of benzene rings is 1. The number of hydrogen-bond acceptors (Lipinski definition) is 5. The quantitative estimate of drug-likeness (QED) is 0.385. The lowest BCUT2D eigenvalue weighted by Crippen LogP contribution is -2.30. The van der Waals surface area contributed by atoms with E-state index >= 15 is 0 Å². The van der Waals surface area contributed by atoms with Gasteiger partial charge in [-0.15, -0.1) is 0 Å². The molecular weight excluding hydrogens is 348 g/mol. The summed E-state index contributed by atoms with van der Waals surface area (Å²) in [5.41, 5.74) is 1.46. The lowest BCUT2D eigenvalue weighted by molar-refractivity contribution is -0.384. The Morgan fingerprint density at radius 2 is 1.81 bits per heavy atom. The third-order valence-electron chi connectivity index (χ3n) is 4.76. The van der Waals surface area contributed by atoms with Gasteiger partial charge in [0.25, 0.3) is 5.69 Å². The molecule has 148 valence electrons. The summed E-state index contributed by atoms with van der Waals surface area (Å²) in [5, 5.41) is 11.8. The molecule has 0 aliphatic heterocycles. The number of fused-ring (bicyclic) bond motifs is 1. The normalized spacial score (nSPS) is 12.9. The fourth-order valence-electron chi connectivity index (χ4n) is 3.42. The Balaban J connectivity index is 2.44. The average Bonchev–Trinajstić information content (AvgIpc) is 2.96. The highest BCUT2D eigenvalue weighted by atomic mass is 16.6. The predicted molar refractivity (Wildman–Crippen MR) is 104 cm³/mol. The molecule has 0 aliphatic carbocycles. The SMILES string of the molecule is COCn1cc([C@@H](C)C(=O)OC(C(C)C)C(C)C)c2cc([N+](=O)[O-])ccc21. The van der Waals surface area contributed by atoms with E-state index in [0.29, 0.717) is 10.9 Å². The van der Waals surface area contributed by atoms with Gasteiger partial charge < -0.3 is 14.0 Å². The standard InChI is InChI=1S/C20H28N2O5/c1-12(2)19(13(3)4)27-20(23)14(5)17-10-21(11-26-6)18-8-7-15(22(24)25)9-16(17)18/h7-10,12-14,19H,11H2,1-6H3/t14-/m1/s1. The van der Waals surface area contributed by atoms with Crippen LogP contribution in [0.5, 0.6) is 0 Å². The van der Waals surface area contributed by atoms with Crippen molar-refractivity contribution < 1.29 is 19.2 Å². The highest BCUT2D eigenvalue weighted by Crippen LogP contribution is 2.32. The minimum atomic E-state index is -0.549. The molecule has 7 heteroatoms. The summed E-state index contributed by atoms with van der Waals surface area (Å²) in [5.74, 6) is -0.466. The van der Waals surface area contributed by atoms with E-state index in [0.717, 1.165) is 5.52 Å². The van der Waals surface area contributed by atoms with Crippen LogP contribution in [0, 0.1) is 22.0 Å². The number of esters is 1. The third kappa shape index (κ3) is 4.47. The highest BCUT2D eigenvalue weighted by Gasteiger charge is 2.28. The van der Waals surface area contributed by atoms with Gasteiger partial charge in [0.2, 0.25) is 0 Å². The van der Waals surface area contributed by atoms with Gasteiger partial charge in [0.05, 0.1) is 16.4 Å². The van der Waals surface area contributed by atoms with Crippen LogP contribution in [0.2, 0.25) is 0 Å². The molecule has 1 heterocycles. The molecule has 1 aromatic carbocycles. The molecule has 1 atom stereocenters. The Bertz CT molecular complexity index is 817. The zero-order valence-corrected chi connectivity index (χ0v) is 16.8. The highest BCUT2D eigenvalue weighted by molar-refractivity contribution is 5.91. The van der Waals surface area contributed by atoms with Crippen LogP contribution in [0.3, 0.4) is 0 Å². The Morgan fingerprint density at radius 3 is 2.33 bits per heavy atom. The number of methoxy groups -OCH3 is 1. The van der Waals surface area contributed by atoms with Crippen LogP contribution < -0.4 is 0 Å². The van der Waals surface area contributed by atoms with E-state index in [1.54, 1.807) is 20.1 Å². The van der Waals surface area contributed by atoms with Crippen molar-refractivity contribution in [2.75, 3.05) is 7.11 Å². The van der Waals surface area contributed by atoms with E-state index in [-0.39, 0.29) is 36.3 Å². The molecule has 0 radical (unpaired) electrons. The van der Waals surface area contributed by atoms with E-state index in [9.17, 15) is 14.9 Å². The number of rotatable bonds is 8. The average molecular weight is 376 g/mol. The minimum Gasteiger partial charge on any atom is -0.461 e. The first kappa shape index (κ1) is 20.9. The van der Waals surface area contributed by atoms with Gasteiger partial charge in [-0.05, 0) is 30.4 Å². The van der Waals surface area contributed by atoms with E-state index in [1.807, 2.05) is 38.5 Å². The maximum absolute atomic E-state index is 12.8. The fourth-order valence-corrected chi connectivity index (χ4v) is 3.42. The van der Waals surface area contributed by atoms with E-state index in [2.05, 4.69) is 0 Å². The predicted octanol–water partition coefficient (Wildman–Crippen LogP) is 4.48. The van der Waals surface area contributed by atoms with Gasteiger partial charge >= 0.3 is 5.97 Å². The molecule has 0 fully saturated rings. The Hall–Kier alpha value is -2.41. The molecule has 0 bridgehead atoms. The second-order valence-electron chi connectivity index (χ2n) is 7.54. The number of hydrogen-bond donors (Lipinski definition) is 0. The number of non-ortho nitro benzene ring substituents is 1. The van der Waals surface area contributed by atoms with Crippen molar-refractivity contribution in [3.63, 3.8) is 0 Å². The van der Waals surface area contributed by atoms with Gasteiger partial charge in [-0.25, -0.2) is 0 Å². The zero-order chi connectivity index (χ0) is 20.3. The summed E-state index contributed by atoms with van der Waals surface area (Å²) >= 11 is 0. The van der Waals surface area contributed by atoms with Gasteiger partial charge in [-0.2, -0.15) is 0 Å². The molecule has 0 N–H and O–H groups in total. The Kier molecular flexibility index (Phi) is 6.59. The van der Waals surface area contributed by atoms with Crippen molar-refractivity contribution in [1.82, 2.24) is 4.57 Å². The molecule has 0 amide bonds. The van der Waals surface area contributed by atoms with Gasteiger partial charge in [0.1, 0.15) is 12.8 Å². The van der Waals surface area contributed by atoms with Crippen molar-refractivity contribution in [2.45, 2.75) is 53.4 Å². The van der Waals surface area contributed by atoms with Crippen LogP contribution in [-0.4, -0.2) is 28.7 Å². The first-order valence-corrected chi connectivity index (χ1v) is 9.14. The lowest BCUT2D eigenvalue weighted by atomic mass is 9.95. The molecule has 0 unspecified atom stereocenters. The molecule has 0 aliphatic rings. The number of nitrogens with zero attached hydrogens (tertiary/aromatic N) is 2. The van der Waals surface area contributed by atoms with Crippen LogP contribution >= 0.6 is 0 Å². The first-order chi connectivity index (χ1) is 12.7. The van der Waals surface area contributed by atoms with Crippen molar-refractivity contribution in [3.8, 4) is 0 Å². The summed E-state index contributed by atoms with van der Waals surface area (Å²) in [4.78, 5) is 23.5. The second kappa shape index (κ2) is 8.52. The van der Waals surface area contributed by atoms with Gasteiger partial charge in [-0.1, -0.05) is 27.7 Å². The second-order valence-corrected chi connectivity index (χ2v) is 7.54. The smallest absolute Gasteiger partial charge is 0.313 e. The number of ether oxygens (including phenoxy) is 2. The lowest BCUT2D eigenvalue weighted by Gasteiger charge is -2.26. The molecule has 7 nitrogen and oxygen atoms in total. The summed E-state index contributed by atoms with van der Waals surface area (Å²) < 4.78 is 12.8. The largest absolute Gasteiger partial charge is 0.461 e. The summed E-state index contributed by atoms with van der Waals surface area (Å²) in [6.45, 7) is 10.2. The third-order valence-corrected chi connectivity index (χ3v) is 4.76. The van der Waals surface area contributed by atoms with Crippen molar-refractivity contribution >= 4 is 22.6 Å². The van der Waals surface area contributed by atoms with Crippen LogP contribution in [0.1, 0.15) is 46.1 Å².